The monoisotopic (exact) mass is 235 g/mol. The van der Waals surface area contributed by atoms with Crippen molar-refractivity contribution in [1.82, 2.24) is 20.3 Å². The molecule has 0 radical (unpaired) electrons. The van der Waals surface area contributed by atoms with Crippen molar-refractivity contribution >= 4 is 0 Å². The summed E-state index contributed by atoms with van der Waals surface area (Å²) < 4.78 is 10.00. The average Bonchev–Trinajstić information content (AvgIpc) is 2.87. The van der Waals surface area contributed by atoms with E-state index in [4.69, 9.17) is 15.0 Å². The molecule has 0 aliphatic rings. The number of methoxy groups -OCH3 is 1. The van der Waals surface area contributed by atoms with Crippen LogP contribution in [-0.4, -0.2) is 34.0 Å². The van der Waals surface area contributed by atoms with E-state index in [9.17, 15) is 0 Å². The summed E-state index contributed by atoms with van der Waals surface area (Å²) in [5.74, 6) is 1.37. The van der Waals surface area contributed by atoms with Gasteiger partial charge in [-0.2, -0.15) is 4.98 Å². The first-order valence-corrected chi connectivity index (χ1v) is 5.16. The number of hydrogen-bond acceptors (Lipinski definition) is 7. The highest BCUT2D eigenvalue weighted by Crippen LogP contribution is 2.17. The van der Waals surface area contributed by atoms with E-state index in [0.717, 1.165) is 0 Å². The summed E-state index contributed by atoms with van der Waals surface area (Å²) in [6.45, 7) is 2.37. The second kappa shape index (κ2) is 4.88. The van der Waals surface area contributed by atoms with Gasteiger partial charge in [0.1, 0.15) is 5.69 Å². The molecule has 0 fully saturated rings. The molecule has 2 rings (SSSR count). The first-order valence-electron chi connectivity index (χ1n) is 5.16. The number of nitrogens with zero attached hydrogens (tertiary/aromatic N) is 4. The molecule has 7 heteroatoms. The van der Waals surface area contributed by atoms with Gasteiger partial charge < -0.3 is 15.0 Å². The zero-order valence-electron chi connectivity index (χ0n) is 9.62. The summed E-state index contributed by atoms with van der Waals surface area (Å²) in [6, 6.07) is 3.40. The van der Waals surface area contributed by atoms with Crippen molar-refractivity contribution in [3.05, 3.63) is 18.0 Å². The minimum absolute atomic E-state index is 0.0301. The molecule has 1 atom stereocenters. The Morgan fingerprint density at radius 3 is 2.82 bits per heavy atom. The Bertz CT molecular complexity index is 482. The zero-order chi connectivity index (χ0) is 12.3. The van der Waals surface area contributed by atoms with E-state index in [1.165, 1.54) is 7.11 Å². The normalized spacial score (nSPS) is 12.4. The van der Waals surface area contributed by atoms with Gasteiger partial charge in [-0.3, -0.25) is 0 Å². The lowest BCUT2D eigenvalue weighted by atomic mass is 10.2. The summed E-state index contributed by atoms with van der Waals surface area (Å²) in [7, 11) is 1.53. The highest BCUT2D eigenvalue weighted by molar-refractivity contribution is 5.47. The van der Waals surface area contributed by atoms with E-state index in [0.29, 0.717) is 29.8 Å². The predicted molar refractivity (Wildman–Crippen MR) is 59.3 cm³/mol. The van der Waals surface area contributed by atoms with E-state index < -0.39 is 0 Å². The molecule has 2 heterocycles. The van der Waals surface area contributed by atoms with Crippen LogP contribution < -0.4 is 10.5 Å². The molecule has 90 valence electrons. The Kier molecular flexibility index (Phi) is 3.29. The fourth-order valence-corrected chi connectivity index (χ4v) is 1.19. The first kappa shape index (κ1) is 11.5. The molecule has 1 unspecified atom stereocenters. The van der Waals surface area contributed by atoms with Crippen LogP contribution in [0.3, 0.4) is 0 Å². The van der Waals surface area contributed by atoms with Gasteiger partial charge in [-0.25, -0.2) is 0 Å². The van der Waals surface area contributed by atoms with Crippen LogP contribution in [0.1, 0.15) is 18.7 Å². The summed E-state index contributed by atoms with van der Waals surface area (Å²) in [6.07, 6.45) is 0. The third-order valence-corrected chi connectivity index (χ3v) is 2.30. The van der Waals surface area contributed by atoms with Crippen LogP contribution in [0.15, 0.2) is 16.7 Å². The number of ether oxygens (including phenoxy) is 1. The van der Waals surface area contributed by atoms with Crippen LogP contribution in [0.4, 0.5) is 0 Å². The van der Waals surface area contributed by atoms with Gasteiger partial charge in [0.25, 0.3) is 0 Å². The molecular weight excluding hydrogens is 222 g/mol. The highest BCUT2D eigenvalue weighted by atomic mass is 16.5. The number of rotatable bonds is 4. The second-order valence-electron chi connectivity index (χ2n) is 3.55. The standard InChI is InChI=1S/C10H13N5O2/c1-6(5-11)10-12-9(15-17-10)7-3-4-8(16-2)14-13-7/h3-4,6H,5,11H2,1-2H3. The van der Waals surface area contributed by atoms with Gasteiger partial charge in [0.2, 0.25) is 17.6 Å². The topological polar surface area (TPSA) is 100.0 Å². The van der Waals surface area contributed by atoms with Gasteiger partial charge in [-0.1, -0.05) is 12.1 Å². The Morgan fingerprint density at radius 1 is 1.41 bits per heavy atom. The number of aromatic nitrogens is 4. The fourth-order valence-electron chi connectivity index (χ4n) is 1.19. The lowest BCUT2D eigenvalue weighted by Gasteiger charge is -1.98. The molecule has 0 amide bonds. The number of nitrogens with two attached hydrogens (primary N) is 1. The molecule has 2 N–H and O–H groups in total. The molecule has 0 spiro atoms. The lowest BCUT2D eigenvalue weighted by molar-refractivity contribution is 0.361. The van der Waals surface area contributed by atoms with Gasteiger partial charge in [0.05, 0.1) is 7.11 Å². The lowest BCUT2D eigenvalue weighted by Crippen LogP contribution is -2.09. The second-order valence-corrected chi connectivity index (χ2v) is 3.55. The van der Waals surface area contributed by atoms with Crippen molar-refractivity contribution < 1.29 is 9.26 Å². The van der Waals surface area contributed by atoms with Crippen molar-refractivity contribution in [3.63, 3.8) is 0 Å². The van der Waals surface area contributed by atoms with E-state index in [1.807, 2.05) is 6.92 Å². The predicted octanol–water partition coefficient (Wildman–Crippen LogP) is 0.597. The van der Waals surface area contributed by atoms with Crippen LogP contribution in [0.5, 0.6) is 5.88 Å². The molecular formula is C10H13N5O2. The highest BCUT2D eigenvalue weighted by Gasteiger charge is 2.14. The van der Waals surface area contributed by atoms with E-state index in [-0.39, 0.29) is 5.92 Å². The molecule has 0 aliphatic carbocycles. The molecule has 17 heavy (non-hydrogen) atoms. The van der Waals surface area contributed by atoms with Crippen molar-refractivity contribution in [1.29, 1.82) is 0 Å². The Labute approximate surface area is 98.0 Å². The Morgan fingerprint density at radius 2 is 2.24 bits per heavy atom. The van der Waals surface area contributed by atoms with Crippen molar-refractivity contribution in [3.8, 4) is 17.4 Å². The summed E-state index contributed by atoms with van der Waals surface area (Å²) in [5, 5.41) is 11.6. The molecule has 0 aliphatic heterocycles. The average molecular weight is 235 g/mol. The van der Waals surface area contributed by atoms with Crippen LogP contribution in [-0.2, 0) is 0 Å². The largest absolute Gasteiger partial charge is 0.480 e. The maximum atomic E-state index is 5.52. The van der Waals surface area contributed by atoms with Crippen molar-refractivity contribution in [2.75, 3.05) is 13.7 Å². The van der Waals surface area contributed by atoms with Crippen molar-refractivity contribution in [2.24, 2.45) is 5.73 Å². The maximum absolute atomic E-state index is 5.52. The van der Waals surface area contributed by atoms with Crippen LogP contribution in [0.2, 0.25) is 0 Å². The van der Waals surface area contributed by atoms with Crippen molar-refractivity contribution in [2.45, 2.75) is 12.8 Å². The van der Waals surface area contributed by atoms with E-state index >= 15 is 0 Å². The smallest absolute Gasteiger partial charge is 0.233 e. The van der Waals surface area contributed by atoms with Crippen LogP contribution in [0.25, 0.3) is 11.5 Å². The van der Waals surface area contributed by atoms with Gasteiger partial charge in [0, 0.05) is 18.5 Å². The fraction of sp³-hybridized carbons (Fsp3) is 0.400. The summed E-state index contributed by atoms with van der Waals surface area (Å²) in [4.78, 5) is 4.21. The third-order valence-electron chi connectivity index (χ3n) is 2.30. The summed E-state index contributed by atoms with van der Waals surface area (Å²) >= 11 is 0. The minimum Gasteiger partial charge on any atom is -0.480 e. The van der Waals surface area contributed by atoms with Gasteiger partial charge in [-0.05, 0) is 6.07 Å². The zero-order valence-corrected chi connectivity index (χ0v) is 9.62. The molecule has 7 nitrogen and oxygen atoms in total. The Balaban J connectivity index is 2.24. The molecule has 2 aromatic heterocycles. The van der Waals surface area contributed by atoms with E-state index in [2.05, 4.69) is 20.3 Å². The Hall–Kier alpha value is -2.02. The van der Waals surface area contributed by atoms with Gasteiger partial charge in [0.15, 0.2) is 0 Å². The summed E-state index contributed by atoms with van der Waals surface area (Å²) in [5.41, 5.74) is 6.05. The molecule has 0 aromatic carbocycles. The minimum atomic E-state index is 0.0301. The molecule has 0 saturated carbocycles. The number of hydrogen-bond donors (Lipinski definition) is 1. The maximum Gasteiger partial charge on any atom is 0.233 e. The SMILES string of the molecule is COc1ccc(-c2noc(C(C)CN)n2)nn1. The molecule has 0 bridgehead atoms. The molecule has 2 aromatic rings. The van der Waals surface area contributed by atoms with E-state index in [1.54, 1.807) is 12.1 Å². The first-order chi connectivity index (χ1) is 8.24. The van der Waals surface area contributed by atoms with Crippen LogP contribution >= 0.6 is 0 Å². The molecule has 0 saturated heterocycles. The van der Waals surface area contributed by atoms with Gasteiger partial charge in [-0.15, -0.1) is 10.2 Å². The van der Waals surface area contributed by atoms with Gasteiger partial charge >= 0.3 is 0 Å². The quantitative estimate of drug-likeness (QED) is 0.827. The van der Waals surface area contributed by atoms with Crippen LogP contribution in [0, 0.1) is 0 Å². The third kappa shape index (κ3) is 2.39.